The highest BCUT2D eigenvalue weighted by Crippen LogP contribution is 2.33. The lowest BCUT2D eigenvalue weighted by molar-refractivity contribution is -0.119. The summed E-state index contributed by atoms with van der Waals surface area (Å²) in [4.78, 5) is 28.6. The molecule has 0 N–H and O–H groups in total. The van der Waals surface area contributed by atoms with Crippen molar-refractivity contribution in [1.82, 2.24) is 14.8 Å². The molecule has 1 aliphatic rings. The molecule has 0 bridgehead atoms. The molecule has 1 heterocycles. The van der Waals surface area contributed by atoms with Crippen molar-refractivity contribution < 1.29 is 9.59 Å². The van der Waals surface area contributed by atoms with Gasteiger partial charge in [-0.05, 0) is 43.0 Å². The van der Waals surface area contributed by atoms with E-state index in [1.807, 2.05) is 19.1 Å². The Morgan fingerprint density at radius 3 is 2.78 bits per heavy atom. The van der Waals surface area contributed by atoms with Gasteiger partial charge in [-0.2, -0.15) is 5.10 Å². The van der Waals surface area contributed by atoms with Crippen molar-refractivity contribution in [2.24, 2.45) is 5.92 Å². The first-order chi connectivity index (χ1) is 11.1. The van der Waals surface area contributed by atoms with Crippen molar-refractivity contribution in [2.75, 3.05) is 0 Å². The normalized spacial score (nSPS) is 15.4. The van der Waals surface area contributed by atoms with E-state index in [1.54, 1.807) is 17.1 Å². The van der Waals surface area contributed by atoms with E-state index in [0.29, 0.717) is 5.56 Å². The quantitative estimate of drug-likeness (QED) is 0.547. The zero-order chi connectivity index (χ0) is 16.4. The lowest BCUT2D eigenvalue weighted by Gasteiger charge is -2.19. The summed E-state index contributed by atoms with van der Waals surface area (Å²) in [6.07, 6.45) is 5.76. The van der Waals surface area contributed by atoms with Crippen LogP contribution >= 0.6 is 15.9 Å². The smallest absolute Gasteiger partial charge is 0.170 e. The Morgan fingerprint density at radius 2 is 2.17 bits per heavy atom. The van der Waals surface area contributed by atoms with E-state index in [9.17, 15) is 9.59 Å². The topological polar surface area (TPSA) is 64.8 Å². The SMILES string of the molecule is CCC(c1cc(Br)ccc1C(=O)CC(=O)C1CC1)n1cncn1. The van der Waals surface area contributed by atoms with Crippen LogP contribution in [0.3, 0.4) is 0 Å². The van der Waals surface area contributed by atoms with Gasteiger partial charge in [-0.25, -0.2) is 9.67 Å². The van der Waals surface area contributed by atoms with Crippen LogP contribution in [0.2, 0.25) is 0 Å². The Hall–Kier alpha value is -1.82. The maximum absolute atomic E-state index is 12.6. The third-order valence-electron chi connectivity index (χ3n) is 4.18. The summed E-state index contributed by atoms with van der Waals surface area (Å²) in [6.45, 7) is 2.04. The van der Waals surface area contributed by atoms with Crippen molar-refractivity contribution in [3.8, 4) is 0 Å². The van der Waals surface area contributed by atoms with Gasteiger partial charge in [0.2, 0.25) is 0 Å². The number of ketones is 2. The molecule has 3 rings (SSSR count). The van der Waals surface area contributed by atoms with E-state index >= 15 is 0 Å². The van der Waals surface area contributed by atoms with E-state index < -0.39 is 0 Å². The molecule has 0 saturated heterocycles. The van der Waals surface area contributed by atoms with E-state index in [1.165, 1.54) is 6.33 Å². The fourth-order valence-electron chi connectivity index (χ4n) is 2.79. The second-order valence-electron chi connectivity index (χ2n) is 5.87. The van der Waals surface area contributed by atoms with E-state index in [-0.39, 0.29) is 29.9 Å². The van der Waals surface area contributed by atoms with Crippen molar-refractivity contribution in [2.45, 2.75) is 38.6 Å². The highest BCUT2D eigenvalue weighted by Gasteiger charge is 2.31. The first-order valence-electron chi connectivity index (χ1n) is 7.79. The first kappa shape index (κ1) is 16.1. The zero-order valence-corrected chi connectivity index (χ0v) is 14.5. The van der Waals surface area contributed by atoms with E-state index in [0.717, 1.165) is 29.3 Å². The number of carbonyl (C=O) groups excluding carboxylic acids is 2. The number of halogens is 1. The summed E-state index contributed by atoms with van der Waals surface area (Å²) >= 11 is 3.47. The largest absolute Gasteiger partial charge is 0.299 e. The molecule has 1 unspecified atom stereocenters. The molecule has 0 radical (unpaired) electrons. The molecule has 23 heavy (non-hydrogen) atoms. The number of Topliss-reactive ketones (excluding diaryl/α,β-unsaturated/α-hetero) is 2. The molecule has 120 valence electrons. The molecule has 1 saturated carbocycles. The highest BCUT2D eigenvalue weighted by atomic mass is 79.9. The van der Waals surface area contributed by atoms with Crippen LogP contribution in [0.25, 0.3) is 0 Å². The molecular formula is C17H18BrN3O2. The average Bonchev–Trinajstić information content (AvgIpc) is 3.25. The molecule has 1 aliphatic carbocycles. The number of benzene rings is 1. The van der Waals surface area contributed by atoms with Crippen LogP contribution in [-0.2, 0) is 4.79 Å². The van der Waals surface area contributed by atoms with Gasteiger partial charge in [-0.1, -0.05) is 22.9 Å². The summed E-state index contributed by atoms with van der Waals surface area (Å²) in [5.74, 6) is 0.0655. The number of carbonyl (C=O) groups is 2. The van der Waals surface area contributed by atoms with Gasteiger partial charge in [0, 0.05) is 16.0 Å². The minimum absolute atomic E-state index is 0.00685. The van der Waals surface area contributed by atoms with Crippen LogP contribution in [0.15, 0.2) is 35.3 Å². The Bertz CT molecular complexity index is 723. The number of hydrogen-bond acceptors (Lipinski definition) is 4. The molecule has 0 spiro atoms. The summed E-state index contributed by atoms with van der Waals surface area (Å²) in [5.41, 5.74) is 1.48. The maximum atomic E-state index is 12.6. The minimum atomic E-state index is -0.108. The summed E-state index contributed by atoms with van der Waals surface area (Å²) in [5, 5.41) is 4.21. The van der Waals surface area contributed by atoms with Crippen LogP contribution in [-0.4, -0.2) is 26.3 Å². The number of hydrogen-bond donors (Lipinski definition) is 0. The van der Waals surface area contributed by atoms with Gasteiger partial charge >= 0.3 is 0 Å². The monoisotopic (exact) mass is 375 g/mol. The molecule has 0 amide bonds. The molecule has 5 nitrogen and oxygen atoms in total. The van der Waals surface area contributed by atoms with Crippen molar-refractivity contribution in [1.29, 1.82) is 0 Å². The van der Waals surface area contributed by atoms with Gasteiger partial charge in [-0.3, -0.25) is 9.59 Å². The van der Waals surface area contributed by atoms with Crippen LogP contribution in [0.4, 0.5) is 0 Å². The standard InChI is InChI=1S/C17H18BrN3O2/c1-2-15(21-10-19-9-20-21)14-7-12(18)5-6-13(14)17(23)8-16(22)11-3-4-11/h5-7,9-11,15H,2-4,8H2,1H3. The Labute approximate surface area is 143 Å². The molecule has 6 heteroatoms. The van der Waals surface area contributed by atoms with Gasteiger partial charge in [-0.15, -0.1) is 0 Å². The van der Waals surface area contributed by atoms with Gasteiger partial charge < -0.3 is 0 Å². The van der Waals surface area contributed by atoms with Gasteiger partial charge in [0.1, 0.15) is 18.4 Å². The van der Waals surface area contributed by atoms with Crippen molar-refractivity contribution in [3.05, 3.63) is 46.5 Å². The summed E-state index contributed by atoms with van der Waals surface area (Å²) in [7, 11) is 0. The Balaban J connectivity index is 1.93. The third-order valence-corrected chi connectivity index (χ3v) is 4.68. The van der Waals surface area contributed by atoms with Crippen LogP contribution < -0.4 is 0 Å². The van der Waals surface area contributed by atoms with Gasteiger partial charge in [0.15, 0.2) is 5.78 Å². The maximum Gasteiger partial charge on any atom is 0.170 e. The predicted molar refractivity (Wildman–Crippen MR) is 89.3 cm³/mol. The number of aromatic nitrogens is 3. The number of nitrogens with zero attached hydrogens (tertiary/aromatic N) is 3. The third kappa shape index (κ3) is 3.58. The Kier molecular flexibility index (Phi) is 4.71. The van der Waals surface area contributed by atoms with Crippen molar-refractivity contribution >= 4 is 27.5 Å². The molecular weight excluding hydrogens is 358 g/mol. The molecule has 1 aromatic carbocycles. The second-order valence-corrected chi connectivity index (χ2v) is 6.79. The lowest BCUT2D eigenvalue weighted by atomic mass is 9.93. The van der Waals surface area contributed by atoms with Crippen LogP contribution in [0, 0.1) is 5.92 Å². The van der Waals surface area contributed by atoms with Crippen LogP contribution in [0.5, 0.6) is 0 Å². The predicted octanol–water partition coefficient (Wildman–Crippen LogP) is 3.59. The molecule has 0 aliphatic heterocycles. The summed E-state index contributed by atoms with van der Waals surface area (Å²) in [6, 6.07) is 5.49. The van der Waals surface area contributed by atoms with Crippen molar-refractivity contribution in [3.63, 3.8) is 0 Å². The first-order valence-corrected chi connectivity index (χ1v) is 8.59. The average molecular weight is 376 g/mol. The summed E-state index contributed by atoms with van der Waals surface area (Å²) < 4.78 is 2.65. The fourth-order valence-corrected chi connectivity index (χ4v) is 3.17. The fraction of sp³-hybridized carbons (Fsp3) is 0.412. The number of rotatable bonds is 7. The zero-order valence-electron chi connectivity index (χ0n) is 12.9. The Morgan fingerprint density at radius 1 is 1.39 bits per heavy atom. The van der Waals surface area contributed by atoms with E-state index in [2.05, 4.69) is 26.0 Å². The molecule has 1 atom stereocenters. The molecule has 2 aromatic rings. The minimum Gasteiger partial charge on any atom is -0.299 e. The second kappa shape index (κ2) is 6.74. The van der Waals surface area contributed by atoms with Gasteiger partial charge in [0.05, 0.1) is 12.5 Å². The van der Waals surface area contributed by atoms with Gasteiger partial charge in [0.25, 0.3) is 0 Å². The molecule has 1 fully saturated rings. The van der Waals surface area contributed by atoms with Crippen LogP contribution in [0.1, 0.15) is 54.6 Å². The lowest BCUT2D eigenvalue weighted by Crippen LogP contribution is -2.17. The molecule has 1 aromatic heterocycles. The highest BCUT2D eigenvalue weighted by molar-refractivity contribution is 9.10. The van der Waals surface area contributed by atoms with E-state index in [4.69, 9.17) is 0 Å².